The van der Waals surface area contributed by atoms with E-state index in [0.29, 0.717) is 0 Å². The van der Waals surface area contributed by atoms with Gasteiger partial charge in [0.25, 0.3) is 0 Å². The van der Waals surface area contributed by atoms with Crippen LogP contribution in [0.4, 0.5) is 0 Å². The maximum absolute atomic E-state index is 5.83. The van der Waals surface area contributed by atoms with Crippen LogP contribution in [0, 0.1) is 0 Å². The summed E-state index contributed by atoms with van der Waals surface area (Å²) in [7, 11) is 0. The van der Waals surface area contributed by atoms with Crippen LogP contribution in [0.3, 0.4) is 0 Å². The van der Waals surface area contributed by atoms with Crippen molar-refractivity contribution < 1.29 is 4.74 Å². The molecule has 0 fully saturated rings. The van der Waals surface area contributed by atoms with E-state index in [1.807, 2.05) is 23.6 Å². The number of ether oxygens (including phenoxy) is 1. The monoisotopic (exact) mass is 277 g/mol. The molecule has 1 heterocycles. The predicted octanol–water partition coefficient (Wildman–Crippen LogP) is 3.03. The van der Waals surface area contributed by atoms with E-state index >= 15 is 0 Å². The van der Waals surface area contributed by atoms with E-state index < -0.39 is 0 Å². The molecule has 19 heavy (non-hydrogen) atoms. The Morgan fingerprint density at radius 3 is 2.84 bits per heavy atom. The Bertz CT molecular complexity index is 487. The Hall–Kier alpha value is -1.46. The van der Waals surface area contributed by atoms with Crippen LogP contribution < -0.4 is 10.1 Å². The average molecular weight is 277 g/mol. The van der Waals surface area contributed by atoms with E-state index in [1.54, 1.807) is 0 Å². The molecule has 2 rings (SSSR count). The largest absolute Gasteiger partial charge is 0.493 e. The second-order valence-corrected chi connectivity index (χ2v) is 4.82. The summed E-state index contributed by atoms with van der Waals surface area (Å²) in [4.78, 5) is 0. The van der Waals surface area contributed by atoms with Crippen molar-refractivity contribution in [1.82, 2.24) is 14.9 Å². The van der Waals surface area contributed by atoms with Crippen molar-refractivity contribution in [3.05, 3.63) is 40.9 Å². The van der Waals surface area contributed by atoms with E-state index in [1.165, 1.54) is 11.5 Å². The minimum absolute atomic E-state index is 0.0387. The lowest BCUT2D eigenvalue weighted by atomic mass is 10.0. The molecular weight excluding hydrogens is 258 g/mol. The maximum atomic E-state index is 5.83. The quantitative estimate of drug-likeness (QED) is 0.845. The maximum Gasteiger partial charge on any atom is 0.124 e. The van der Waals surface area contributed by atoms with Gasteiger partial charge in [-0.25, -0.2) is 0 Å². The number of benzene rings is 1. The lowest BCUT2D eigenvalue weighted by molar-refractivity contribution is 0.311. The highest BCUT2D eigenvalue weighted by Crippen LogP contribution is 2.29. The van der Waals surface area contributed by atoms with Crippen LogP contribution in [0.15, 0.2) is 29.6 Å². The molecule has 2 aromatic rings. The molecule has 5 heteroatoms. The molecule has 0 saturated carbocycles. The van der Waals surface area contributed by atoms with E-state index in [2.05, 4.69) is 34.8 Å². The van der Waals surface area contributed by atoms with Crippen molar-refractivity contribution in [3.8, 4) is 5.75 Å². The van der Waals surface area contributed by atoms with Gasteiger partial charge in [-0.15, -0.1) is 5.10 Å². The van der Waals surface area contributed by atoms with E-state index in [9.17, 15) is 0 Å². The second-order valence-electron chi connectivity index (χ2n) is 4.21. The normalized spacial score (nSPS) is 12.3. The first-order valence-corrected chi connectivity index (χ1v) is 7.42. The third kappa shape index (κ3) is 3.52. The van der Waals surface area contributed by atoms with Crippen LogP contribution in [-0.4, -0.2) is 22.7 Å². The fraction of sp³-hybridized carbons (Fsp3) is 0.429. The Morgan fingerprint density at radius 1 is 1.32 bits per heavy atom. The zero-order chi connectivity index (χ0) is 13.5. The summed E-state index contributed by atoms with van der Waals surface area (Å²) in [5, 5.41) is 9.60. The molecular formula is C14H19N3OS. The Morgan fingerprint density at radius 2 is 2.16 bits per heavy atom. The number of hydrogen-bond donors (Lipinski definition) is 1. The van der Waals surface area contributed by atoms with Gasteiger partial charge >= 0.3 is 0 Å². The Balaban J connectivity index is 2.30. The molecule has 1 aromatic heterocycles. The van der Waals surface area contributed by atoms with E-state index in [4.69, 9.17) is 4.74 Å². The van der Waals surface area contributed by atoms with Crippen molar-refractivity contribution in [3.63, 3.8) is 0 Å². The fourth-order valence-electron chi connectivity index (χ4n) is 1.94. The smallest absolute Gasteiger partial charge is 0.124 e. The lowest BCUT2D eigenvalue weighted by Crippen LogP contribution is -2.23. The number of para-hydroxylation sites is 1. The van der Waals surface area contributed by atoms with Crippen molar-refractivity contribution in [2.24, 2.45) is 0 Å². The first kappa shape index (κ1) is 14.0. The zero-order valence-corrected chi connectivity index (χ0v) is 12.1. The van der Waals surface area contributed by atoms with Crippen molar-refractivity contribution >= 4 is 11.5 Å². The van der Waals surface area contributed by atoms with Gasteiger partial charge in [0.2, 0.25) is 0 Å². The predicted molar refractivity (Wildman–Crippen MR) is 77.7 cm³/mol. The van der Waals surface area contributed by atoms with Gasteiger partial charge < -0.3 is 10.1 Å². The molecule has 102 valence electrons. The van der Waals surface area contributed by atoms with Gasteiger partial charge in [-0.3, -0.25) is 0 Å². The topological polar surface area (TPSA) is 47.0 Å². The third-order valence-corrected chi connectivity index (χ3v) is 3.30. The number of nitrogens with one attached hydrogen (secondary N) is 1. The Kier molecular flexibility index (Phi) is 5.30. The number of aromatic nitrogens is 2. The molecule has 1 aromatic carbocycles. The third-order valence-electron chi connectivity index (χ3n) is 2.77. The summed E-state index contributed by atoms with van der Waals surface area (Å²) in [6.07, 6.45) is 0.998. The molecule has 0 amide bonds. The number of hydrogen-bond acceptors (Lipinski definition) is 5. The minimum atomic E-state index is 0.0387. The average Bonchev–Trinajstić information content (AvgIpc) is 2.97. The summed E-state index contributed by atoms with van der Waals surface area (Å²) >= 11 is 1.37. The van der Waals surface area contributed by atoms with Crippen LogP contribution in [0.1, 0.15) is 37.6 Å². The second kappa shape index (κ2) is 7.21. The molecule has 1 N–H and O–H groups in total. The van der Waals surface area contributed by atoms with E-state index in [-0.39, 0.29) is 6.04 Å². The first-order chi connectivity index (χ1) is 9.36. The van der Waals surface area contributed by atoms with Crippen molar-refractivity contribution in [2.75, 3.05) is 13.2 Å². The summed E-state index contributed by atoms with van der Waals surface area (Å²) < 4.78 is 9.78. The number of rotatable bonds is 7. The standard InChI is InChI=1S/C14H19N3OS/c1-3-9-18-13-8-6-5-7-11(13)14(15-4-2)12-10-19-17-16-12/h5-8,10,14-15H,3-4,9H2,1-2H3. The number of nitrogens with zero attached hydrogens (tertiary/aromatic N) is 2. The van der Waals surface area contributed by atoms with Crippen LogP contribution in [0.5, 0.6) is 5.75 Å². The fourth-order valence-corrected chi connectivity index (χ4v) is 2.42. The van der Waals surface area contributed by atoms with Gasteiger partial charge in [-0.2, -0.15) is 0 Å². The molecule has 0 aliphatic carbocycles. The van der Waals surface area contributed by atoms with Gasteiger partial charge in [-0.1, -0.05) is 36.5 Å². The molecule has 0 aliphatic heterocycles. The van der Waals surface area contributed by atoms with Crippen LogP contribution >= 0.6 is 11.5 Å². The van der Waals surface area contributed by atoms with Crippen LogP contribution in [0.2, 0.25) is 0 Å². The molecule has 0 saturated heterocycles. The van der Waals surface area contributed by atoms with Crippen molar-refractivity contribution in [1.29, 1.82) is 0 Å². The highest BCUT2D eigenvalue weighted by molar-refractivity contribution is 7.03. The van der Waals surface area contributed by atoms with Crippen molar-refractivity contribution in [2.45, 2.75) is 26.3 Å². The summed E-state index contributed by atoms with van der Waals surface area (Å²) in [5.41, 5.74) is 2.06. The van der Waals surface area contributed by atoms with Gasteiger partial charge in [0.1, 0.15) is 5.75 Å². The summed E-state index contributed by atoms with van der Waals surface area (Å²) in [6.45, 7) is 5.78. The molecule has 0 aliphatic rings. The lowest BCUT2D eigenvalue weighted by Gasteiger charge is -2.19. The van der Waals surface area contributed by atoms with Gasteiger partial charge in [0.05, 0.1) is 18.3 Å². The molecule has 0 bridgehead atoms. The molecule has 0 radical (unpaired) electrons. The Labute approximate surface area is 118 Å². The van der Waals surface area contributed by atoms with Gasteiger partial charge in [0, 0.05) is 10.9 Å². The van der Waals surface area contributed by atoms with Gasteiger partial charge in [-0.05, 0) is 30.6 Å². The summed E-state index contributed by atoms with van der Waals surface area (Å²) in [5.74, 6) is 0.920. The summed E-state index contributed by atoms with van der Waals surface area (Å²) in [6, 6.07) is 8.15. The molecule has 1 atom stereocenters. The molecule has 1 unspecified atom stereocenters. The SMILES string of the molecule is CCCOc1ccccc1C(NCC)c1csnn1. The molecule has 4 nitrogen and oxygen atoms in total. The highest BCUT2D eigenvalue weighted by atomic mass is 32.1. The zero-order valence-electron chi connectivity index (χ0n) is 11.3. The minimum Gasteiger partial charge on any atom is -0.493 e. The highest BCUT2D eigenvalue weighted by Gasteiger charge is 2.19. The van der Waals surface area contributed by atoms with Gasteiger partial charge in [0.15, 0.2) is 0 Å². The van der Waals surface area contributed by atoms with Crippen LogP contribution in [0.25, 0.3) is 0 Å². The molecule has 0 spiro atoms. The van der Waals surface area contributed by atoms with E-state index in [0.717, 1.165) is 36.6 Å². The first-order valence-electron chi connectivity index (χ1n) is 6.58. The van der Waals surface area contributed by atoms with Crippen LogP contribution in [-0.2, 0) is 0 Å².